The molecule has 154 valence electrons. The molecular formula is C18H26FN5O3S. The van der Waals surface area contributed by atoms with Crippen LogP contribution in [0.3, 0.4) is 0 Å². The molecule has 0 aliphatic carbocycles. The first-order valence-corrected chi connectivity index (χ1v) is 10.4. The number of cyclic esters (lactones) is 1. The second kappa shape index (κ2) is 7.40. The fraction of sp³-hybridized carbons (Fsp3) is 0.611. The number of fused-ring (bicyclic) bond motifs is 2. The molecule has 3 heterocycles. The Morgan fingerprint density at radius 2 is 2.04 bits per heavy atom. The standard InChI is InChI=1S/C18H26FN5O3S/c1-10(2)15-22-16(25)27-17(3,4)23-13-7-6-11(19)14(21-13)18(5,24-15)12-8-9-20-28(12)26/h6-7,10,12,20H,8-9H2,1-5H3,(H,21,23)(H,22,24,25)/t12-,18+,28?/m1/s1. The first-order valence-electron chi connectivity index (χ1n) is 9.21. The number of anilines is 1. The molecule has 1 fully saturated rings. The number of halogens is 1. The van der Waals surface area contributed by atoms with E-state index in [9.17, 15) is 13.4 Å². The summed E-state index contributed by atoms with van der Waals surface area (Å²) in [5, 5.41) is 5.16. The van der Waals surface area contributed by atoms with E-state index in [2.05, 4.69) is 20.3 Å². The number of amides is 1. The van der Waals surface area contributed by atoms with Crippen LogP contribution in [0.5, 0.6) is 0 Å². The summed E-state index contributed by atoms with van der Waals surface area (Å²) in [5.74, 6) is -0.0769. The predicted octanol–water partition coefficient (Wildman–Crippen LogP) is 2.40. The number of rotatable bonds is 2. The van der Waals surface area contributed by atoms with Crippen molar-refractivity contribution in [2.24, 2.45) is 10.9 Å². The van der Waals surface area contributed by atoms with Gasteiger partial charge < -0.3 is 10.1 Å². The summed E-state index contributed by atoms with van der Waals surface area (Å²) in [5.41, 5.74) is -2.27. The molecule has 0 radical (unpaired) electrons. The molecule has 1 aromatic heterocycles. The van der Waals surface area contributed by atoms with Gasteiger partial charge >= 0.3 is 6.09 Å². The Kier molecular flexibility index (Phi) is 5.46. The number of nitrogens with zero attached hydrogens (tertiary/aromatic N) is 2. The van der Waals surface area contributed by atoms with Crippen LogP contribution >= 0.6 is 0 Å². The number of alkyl carbamates (subject to hydrolysis) is 1. The molecule has 10 heteroatoms. The molecule has 0 spiro atoms. The summed E-state index contributed by atoms with van der Waals surface area (Å²) in [7, 11) is -1.42. The van der Waals surface area contributed by atoms with Crippen LogP contribution in [0.25, 0.3) is 0 Å². The maximum Gasteiger partial charge on any atom is 0.414 e. The zero-order chi connectivity index (χ0) is 20.7. The minimum absolute atomic E-state index is 0.0737. The highest BCUT2D eigenvalue weighted by Crippen LogP contribution is 2.37. The van der Waals surface area contributed by atoms with E-state index in [4.69, 9.17) is 9.73 Å². The third-order valence-corrected chi connectivity index (χ3v) is 6.47. The van der Waals surface area contributed by atoms with Gasteiger partial charge in [0.2, 0.25) is 0 Å². The monoisotopic (exact) mass is 411 g/mol. The molecular weight excluding hydrogens is 385 g/mol. The van der Waals surface area contributed by atoms with Crippen LogP contribution in [-0.2, 0) is 21.3 Å². The highest BCUT2D eigenvalue weighted by atomic mass is 32.2. The van der Waals surface area contributed by atoms with Crippen molar-refractivity contribution in [1.82, 2.24) is 15.0 Å². The van der Waals surface area contributed by atoms with Crippen LogP contribution in [0.4, 0.5) is 15.0 Å². The quantitative estimate of drug-likeness (QED) is 0.693. The van der Waals surface area contributed by atoms with Gasteiger partial charge in [0.1, 0.15) is 28.7 Å². The smallest absolute Gasteiger partial charge is 0.414 e. The van der Waals surface area contributed by atoms with Crippen LogP contribution < -0.4 is 15.4 Å². The van der Waals surface area contributed by atoms with Crippen LogP contribution in [-0.4, -0.2) is 38.6 Å². The maximum atomic E-state index is 14.9. The summed E-state index contributed by atoms with van der Waals surface area (Å²) in [6.45, 7) is 9.27. The normalized spacial score (nSPS) is 30.0. The van der Waals surface area contributed by atoms with Crippen LogP contribution in [0.2, 0.25) is 0 Å². The summed E-state index contributed by atoms with van der Waals surface area (Å²) in [6.07, 6.45) is -0.152. The summed E-state index contributed by atoms with van der Waals surface area (Å²) in [6, 6.07) is 2.76. The number of aliphatic imine (C=N–C) groups is 1. The van der Waals surface area contributed by atoms with E-state index in [1.54, 1.807) is 20.8 Å². The Balaban J connectivity index is 2.26. The van der Waals surface area contributed by atoms with E-state index in [0.29, 0.717) is 24.6 Å². The SMILES string of the molecule is CC(C)C1=N[C@@](C)([C@H]2CCNS2=O)c2nc(ccc2F)NC(C)(C)OC(=O)N1. The molecule has 8 nitrogen and oxygen atoms in total. The van der Waals surface area contributed by atoms with Crippen molar-refractivity contribution in [2.45, 2.75) is 57.6 Å². The van der Waals surface area contributed by atoms with E-state index in [1.807, 2.05) is 13.8 Å². The number of carbonyl (C=O) groups excluding carboxylic acids is 1. The van der Waals surface area contributed by atoms with Gasteiger partial charge in [0.05, 0.1) is 16.2 Å². The van der Waals surface area contributed by atoms with Gasteiger partial charge in [-0.3, -0.25) is 10.3 Å². The second-order valence-electron chi connectivity index (χ2n) is 7.95. The summed E-state index contributed by atoms with van der Waals surface area (Å²) in [4.78, 5) is 21.6. The fourth-order valence-electron chi connectivity index (χ4n) is 3.38. The van der Waals surface area contributed by atoms with E-state index >= 15 is 0 Å². The average Bonchev–Trinajstić information content (AvgIpc) is 3.00. The number of amidine groups is 1. The van der Waals surface area contributed by atoms with Gasteiger partial charge in [-0.25, -0.2) is 23.1 Å². The molecule has 1 amide bonds. The Hall–Kier alpha value is -2.07. The Labute approximate surface area is 166 Å². The lowest BCUT2D eigenvalue weighted by molar-refractivity contribution is 0.0622. The molecule has 2 aliphatic heterocycles. The Bertz CT molecular complexity index is 845. The zero-order valence-corrected chi connectivity index (χ0v) is 17.4. The highest BCUT2D eigenvalue weighted by Gasteiger charge is 2.46. The highest BCUT2D eigenvalue weighted by molar-refractivity contribution is 7.84. The first-order chi connectivity index (χ1) is 13.0. The number of hydrogen-bond donors (Lipinski definition) is 3. The van der Waals surface area contributed by atoms with Crippen molar-refractivity contribution in [2.75, 3.05) is 11.9 Å². The lowest BCUT2D eigenvalue weighted by atomic mass is 9.90. The van der Waals surface area contributed by atoms with Crippen molar-refractivity contribution in [3.05, 3.63) is 23.6 Å². The zero-order valence-electron chi connectivity index (χ0n) is 16.6. The van der Waals surface area contributed by atoms with Gasteiger partial charge in [0, 0.05) is 12.5 Å². The largest absolute Gasteiger partial charge is 0.423 e. The van der Waals surface area contributed by atoms with Gasteiger partial charge in [-0.05, 0) is 39.3 Å². The van der Waals surface area contributed by atoms with E-state index < -0.39 is 39.4 Å². The number of nitrogens with one attached hydrogen (secondary N) is 3. The minimum Gasteiger partial charge on any atom is -0.423 e. The maximum absolute atomic E-state index is 14.9. The van der Waals surface area contributed by atoms with Crippen molar-refractivity contribution in [3.63, 3.8) is 0 Å². The van der Waals surface area contributed by atoms with Crippen LogP contribution in [0.1, 0.15) is 46.7 Å². The van der Waals surface area contributed by atoms with Gasteiger partial charge in [0.15, 0.2) is 5.72 Å². The lowest BCUT2D eigenvalue weighted by Crippen LogP contribution is -2.45. The average molecular weight is 412 g/mol. The van der Waals surface area contributed by atoms with Crippen molar-refractivity contribution < 1.29 is 18.1 Å². The Morgan fingerprint density at radius 1 is 1.32 bits per heavy atom. The predicted molar refractivity (Wildman–Crippen MR) is 106 cm³/mol. The van der Waals surface area contributed by atoms with Crippen molar-refractivity contribution in [1.29, 1.82) is 0 Å². The van der Waals surface area contributed by atoms with E-state index in [1.165, 1.54) is 12.1 Å². The first kappa shape index (κ1) is 20.7. The number of aromatic nitrogens is 1. The number of carbonyl (C=O) groups is 1. The molecule has 0 saturated carbocycles. The molecule has 2 bridgehead atoms. The van der Waals surface area contributed by atoms with Crippen molar-refractivity contribution >= 4 is 28.7 Å². The summed E-state index contributed by atoms with van der Waals surface area (Å²) < 4.78 is 35.9. The van der Waals surface area contributed by atoms with E-state index in [0.717, 1.165) is 0 Å². The third kappa shape index (κ3) is 4.02. The topological polar surface area (TPSA) is 105 Å². The van der Waals surface area contributed by atoms with Crippen molar-refractivity contribution in [3.8, 4) is 0 Å². The molecule has 2 aliphatic rings. The number of ether oxygens (including phenoxy) is 1. The van der Waals surface area contributed by atoms with Gasteiger partial charge in [-0.2, -0.15) is 0 Å². The molecule has 1 aromatic rings. The molecule has 0 aromatic carbocycles. The number of pyridine rings is 1. The summed E-state index contributed by atoms with van der Waals surface area (Å²) >= 11 is 0. The minimum atomic E-state index is -1.42. The van der Waals surface area contributed by atoms with Gasteiger partial charge in [-0.15, -0.1) is 0 Å². The third-order valence-electron chi connectivity index (χ3n) is 4.77. The molecule has 1 saturated heterocycles. The molecule has 3 rings (SSSR count). The van der Waals surface area contributed by atoms with Crippen LogP contribution in [0, 0.1) is 11.7 Å². The molecule has 1 unspecified atom stereocenters. The number of hydrogen-bond acceptors (Lipinski definition) is 6. The molecule has 3 N–H and O–H groups in total. The van der Waals surface area contributed by atoms with Gasteiger partial charge in [-0.1, -0.05) is 13.8 Å². The molecule has 28 heavy (non-hydrogen) atoms. The Morgan fingerprint density at radius 3 is 2.64 bits per heavy atom. The van der Waals surface area contributed by atoms with Crippen LogP contribution in [0.15, 0.2) is 17.1 Å². The second-order valence-corrected chi connectivity index (χ2v) is 9.40. The molecule has 3 atom stereocenters. The van der Waals surface area contributed by atoms with Gasteiger partial charge in [0.25, 0.3) is 0 Å². The lowest BCUT2D eigenvalue weighted by Gasteiger charge is -2.31. The fourth-order valence-corrected chi connectivity index (χ4v) is 4.81. The van der Waals surface area contributed by atoms with E-state index in [-0.39, 0.29) is 11.6 Å².